The molecule has 1 N–H and O–H groups in total. The van der Waals surface area contributed by atoms with E-state index in [4.69, 9.17) is 0 Å². The number of amides is 2. The van der Waals surface area contributed by atoms with Gasteiger partial charge in [-0.2, -0.15) is 0 Å². The number of rotatable bonds is 6. The molecule has 5 nitrogen and oxygen atoms in total. The second-order valence-electron chi connectivity index (χ2n) is 7.57. The molecule has 1 fully saturated rings. The maximum Gasteiger partial charge on any atom is 0.255 e. The van der Waals surface area contributed by atoms with Gasteiger partial charge in [-0.3, -0.25) is 9.59 Å². The van der Waals surface area contributed by atoms with E-state index in [2.05, 4.69) is 41.4 Å². The van der Waals surface area contributed by atoms with Crippen LogP contribution in [0.1, 0.15) is 29.8 Å². The van der Waals surface area contributed by atoms with Crippen molar-refractivity contribution in [3.63, 3.8) is 0 Å². The number of piperazine rings is 1. The smallest absolute Gasteiger partial charge is 0.255 e. The Kier molecular flexibility index (Phi) is 7.20. The summed E-state index contributed by atoms with van der Waals surface area (Å²) in [7, 11) is 0. The molecule has 2 aromatic carbocycles. The molecule has 0 aromatic heterocycles. The number of aryl methyl sites for hydroxylation is 1. The Balaban J connectivity index is 1.63. The Bertz CT molecular complexity index is 861. The van der Waals surface area contributed by atoms with Gasteiger partial charge in [-0.05, 0) is 44.5 Å². The summed E-state index contributed by atoms with van der Waals surface area (Å²) in [6, 6.07) is 16.1. The number of nitrogens with one attached hydrogen (secondary N) is 1. The van der Waals surface area contributed by atoms with E-state index >= 15 is 0 Å². The van der Waals surface area contributed by atoms with Gasteiger partial charge in [0, 0.05) is 42.8 Å². The highest BCUT2D eigenvalue weighted by molar-refractivity contribution is 8.00. The number of benzene rings is 2. The monoisotopic (exact) mass is 411 g/mol. The first-order chi connectivity index (χ1) is 14.0. The molecule has 2 amide bonds. The third-order valence-corrected chi connectivity index (χ3v) is 6.02. The molecule has 3 rings (SSSR count). The van der Waals surface area contributed by atoms with Gasteiger partial charge in [0.15, 0.2) is 0 Å². The minimum absolute atomic E-state index is 0.0147. The van der Waals surface area contributed by atoms with Crippen LogP contribution in [0.15, 0.2) is 53.4 Å². The Hall–Kier alpha value is -2.47. The van der Waals surface area contributed by atoms with Gasteiger partial charge in [0.1, 0.15) is 0 Å². The van der Waals surface area contributed by atoms with Crippen LogP contribution < -0.4 is 10.2 Å². The molecule has 0 bridgehead atoms. The lowest BCUT2D eigenvalue weighted by Gasteiger charge is -2.37. The second-order valence-corrected chi connectivity index (χ2v) is 8.59. The van der Waals surface area contributed by atoms with Gasteiger partial charge in [0.05, 0.1) is 11.3 Å². The molecule has 0 aliphatic carbocycles. The molecule has 1 aliphatic rings. The molecule has 1 saturated heterocycles. The Morgan fingerprint density at radius 2 is 1.66 bits per heavy atom. The number of nitrogens with zero attached hydrogens (tertiary/aromatic N) is 2. The quantitative estimate of drug-likeness (QED) is 0.739. The van der Waals surface area contributed by atoms with Crippen LogP contribution in [0, 0.1) is 6.92 Å². The summed E-state index contributed by atoms with van der Waals surface area (Å²) in [4.78, 5) is 30.2. The van der Waals surface area contributed by atoms with E-state index in [1.54, 1.807) is 0 Å². The van der Waals surface area contributed by atoms with Crippen LogP contribution >= 0.6 is 11.8 Å². The molecule has 154 valence electrons. The van der Waals surface area contributed by atoms with Crippen LogP contribution in [0.2, 0.25) is 0 Å². The minimum Gasteiger partial charge on any atom is -0.368 e. The number of hydrogen-bond donors (Lipinski definition) is 1. The molecule has 6 heteroatoms. The van der Waals surface area contributed by atoms with E-state index in [0.717, 1.165) is 18.0 Å². The van der Waals surface area contributed by atoms with Gasteiger partial charge < -0.3 is 15.1 Å². The van der Waals surface area contributed by atoms with Crippen LogP contribution in [-0.2, 0) is 4.79 Å². The predicted molar refractivity (Wildman–Crippen MR) is 120 cm³/mol. The fourth-order valence-corrected chi connectivity index (χ4v) is 4.37. The highest BCUT2D eigenvalue weighted by atomic mass is 32.2. The number of hydrogen-bond acceptors (Lipinski definition) is 4. The van der Waals surface area contributed by atoms with Crippen molar-refractivity contribution in [1.82, 2.24) is 10.2 Å². The van der Waals surface area contributed by atoms with Crippen LogP contribution in [0.4, 0.5) is 5.69 Å². The van der Waals surface area contributed by atoms with Crippen LogP contribution in [0.5, 0.6) is 0 Å². The number of para-hydroxylation sites is 1. The van der Waals surface area contributed by atoms with Crippen molar-refractivity contribution in [2.45, 2.75) is 31.7 Å². The zero-order valence-electron chi connectivity index (χ0n) is 17.4. The number of carbonyl (C=O) groups is 2. The van der Waals surface area contributed by atoms with Gasteiger partial charge in [0.25, 0.3) is 5.91 Å². The zero-order valence-corrected chi connectivity index (χ0v) is 18.2. The summed E-state index contributed by atoms with van der Waals surface area (Å²) in [6.45, 7) is 9.04. The summed E-state index contributed by atoms with van der Waals surface area (Å²) in [6.07, 6.45) is 0. The van der Waals surface area contributed by atoms with Crippen molar-refractivity contribution in [2.24, 2.45) is 0 Å². The van der Waals surface area contributed by atoms with Crippen molar-refractivity contribution in [3.05, 3.63) is 59.7 Å². The van der Waals surface area contributed by atoms with E-state index < -0.39 is 0 Å². The zero-order chi connectivity index (χ0) is 20.8. The molecular weight excluding hydrogens is 382 g/mol. The van der Waals surface area contributed by atoms with Crippen molar-refractivity contribution >= 4 is 29.3 Å². The fourth-order valence-electron chi connectivity index (χ4n) is 3.52. The van der Waals surface area contributed by atoms with Crippen molar-refractivity contribution in [1.29, 1.82) is 0 Å². The normalized spacial score (nSPS) is 14.2. The molecule has 0 radical (unpaired) electrons. The third-order valence-electron chi connectivity index (χ3n) is 4.95. The standard InChI is InChI=1S/C23H29N3O2S/c1-17(2)24-22(27)16-29-21-11-7-5-9-19(21)23(28)26-14-12-25(13-15-26)20-10-6-4-8-18(20)3/h4-11,17H,12-16H2,1-3H3,(H,24,27). The lowest BCUT2D eigenvalue weighted by molar-refractivity contribution is -0.119. The minimum atomic E-state index is -0.0147. The Morgan fingerprint density at radius 3 is 2.34 bits per heavy atom. The second kappa shape index (κ2) is 9.83. The van der Waals surface area contributed by atoms with Crippen LogP contribution in [-0.4, -0.2) is 54.7 Å². The van der Waals surface area contributed by atoms with Gasteiger partial charge in [-0.1, -0.05) is 30.3 Å². The van der Waals surface area contributed by atoms with E-state index in [-0.39, 0.29) is 17.9 Å². The van der Waals surface area contributed by atoms with Crippen LogP contribution in [0.25, 0.3) is 0 Å². The number of thioether (sulfide) groups is 1. The van der Waals surface area contributed by atoms with Gasteiger partial charge in [-0.15, -0.1) is 11.8 Å². The maximum atomic E-state index is 13.1. The third kappa shape index (κ3) is 5.54. The highest BCUT2D eigenvalue weighted by Gasteiger charge is 2.24. The molecule has 0 saturated carbocycles. The van der Waals surface area contributed by atoms with Crippen molar-refractivity contribution < 1.29 is 9.59 Å². The first-order valence-corrected chi connectivity index (χ1v) is 11.1. The van der Waals surface area contributed by atoms with Gasteiger partial charge in [-0.25, -0.2) is 0 Å². The lowest BCUT2D eigenvalue weighted by atomic mass is 10.1. The molecule has 1 heterocycles. The SMILES string of the molecule is Cc1ccccc1N1CCN(C(=O)c2ccccc2SCC(=O)NC(C)C)CC1. The predicted octanol–water partition coefficient (Wildman–Crippen LogP) is 3.57. The number of carbonyl (C=O) groups excluding carboxylic acids is 2. The van der Waals surface area contributed by atoms with Crippen molar-refractivity contribution in [3.8, 4) is 0 Å². The van der Waals surface area contributed by atoms with Gasteiger partial charge >= 0.3 is 0 Å². The average Bonchev–Trinajstić information content (AvgIpc) is 2.72. The summed E-state index contributed by atoms with van der Waals surface area (Å²) in [5.41, 5.74) is 3.18. The number of anilines is 1. The molecule has 0 unspecified atom stereocenters. The van der Waals surface area contributed by atoms with E-state index in [1.807, 2.05) is 43.0 Å². The largest absolute Gasteiger partial charge is 0.368 e. The molecule has 2 aromatic rings. The molecule has 0 spiro atoms. The first-order valence-electron chi connectivity index (χ1n) is 10.1. The van der Waals surface area contributed by atoms with Crippen LogP contribution in [0.3, 0.4) is 0 Å². The Morgan fingerprint density at radius 1 is 1.00 bits per heavy atom. The molecular formula is C23H29N3O2S. The van der Waals surface area contributed by atoms with E-state index in [9.17, 15) is 9.59 Å². The van der Waals surface area contributed by atoms with Crippen molar-refractivity contribution in [2.75, 3.05) is 36.8 Å². The highest BCUT2D eigenvalue weighted by Crippen LogP contribution is 2.25. The fraction of sp³-hybridized carbons (Fsp3) is 0.391. The summed E-state index contributed by atoms with van der Waals surface area (Å²) >= 11 is 1.42. The first kappa shape index (κ1) is 21.2. The molecule has 1 aliphatic heterocycles. The van der Waals surface area contributed by atoms with E-state index in [1.165, 1.54) is 23.0 Å². The molecule has 29 heavy (non-hydrogen) atoms. The summed E-state index contributed by atoms with van der Waals surface area (Å²) in [5.74, 6) is 0.338. The Labute approximate surface area is 177 Å². The summed E-state index contributed by atoms with van der Waals surface area (Å²) in [5, 5.41) is 2.89. The van der Waals surface area contributed by atoms with Gasteiger partial charge in [0.2, 0.25) is 5.91 Å². The maximum absolute atomic E-state index is 13.1. The summed E-state index contributed by atoms with van der Waals surface area (Å²) < 4.78 is 0. The van der Waals surface area contributed by atoms with E-state index in [0.29, 0.717) is 24.4 Å². The topological polar surface area (TPSA) is 52.7 Å². The lowest BCUT2D eigenvalue weighted by Crippen LogP contribution is -2.49. The average molecular weight is 412 g/mol. The molecule has 0 atom stereocenters.